The molecule has 0 radical (unpaired) electrons. The molecule has 12 heavy (non-hydrogen) atoms. The lowest BCUT2D eigenvalue weighted by Crippen LogP contribution is -1.70. The number of rotatable bonds is 3. The van der Waals surface area contributed by atoms with E-state index in [2.05, 4.69) is 29.5 Å². The topological polar surface area (TPSA) is 0 Å². The van der Waals surface area contributed by atoms with Gasteiger partial charge in [0.25, 0.3) is 0 Å². The van der Waals surface area contributed by atoms with E-state index in [0.717, 1.165) is 0 Å². The van der Waals surface area contributed by atoms with Crippen molar-refractivity contribution in [2.75, 3.05) is 4.43 Å². The zero-order chi connectivity index (χ0) is 9.07. The number of hydrogen-bond acceptors (Lipinski definition) is 0. The first-order valence-electron chi connectivity index (χ1n) is 4.47. The molecule has 1 aromatic rings. The summed E-state index contributed by atoms with van der Waals surface area (Å²) in [5.74, 6) is 0. The Hall–Kier alpha value is -0.0500. The third kappa shape index (κ3) is 9.95. The number of benzene rings is 1. The fraction of sp³-hybridized carbons (Fsp3) is 0.455. The minimum atomic E-state index is 1.32. The smallest absolute Gasteiger partial charge is 0.000473 e. The van der Waals surface area contributed by atoms with Crippen molar-refractivity contribution in [2.24, 2.45) is 0 Å². The monoisotopic (exact) mass is 276 g/mol. The molecule has 0 N–H and O–H groups in total. The Morgan fingerprint density at radius 3 is 1.42 bits per heavy atom. The highest BCUT2D eigenvalue weighted by Crippen LogP contribution is 1.96. The molecule has 0 spiro atoms. The van der Waals surface area contributed by atoms with Crippen molar-refractivity contribution in [3.63, 3.8) is 0 Å². The molecular formula is C11H17I. The molecule has 1 aromatic carbocycles. The van der Waals surface area contributed by atoms with Gasteiger partial charge in [-0.1, -0.05) is 78.8 Å². The van der Waals surface area contributed by atoms with Crippen LogP contribution >= 0.6 is 22.6 Å². The number of unbranched alkanes of at least 4 members (excludes halogenated alkanes) is 2. The highest BCUT2D eigenvalue weighted by Gasteiger charge is 1.76. The van der Waals surface area contributed by atoms with Gasteiger partial charge in [-0.05, 0) is 10.8 Å². The van der Waals surface area contributed by atoms with Gasteiger partial charge in [-0.2, -0.15) is 0 Å². The van der Waals surface area contributed by atoms with E-state index in [0.29, 0.717) is 0 Å². The molecule has 0 nitrogen and oxygen atoms in total. The van der Waals surface area contributed by atoms with Crippen molar-refractivity contribution >= 4 is 22.6 Å². The van der Waals surface area contributed by atoms with Gasteiger partial charge in [0.05, 0.1) is 0 Å². The zero-order valence-corrected chi connectivity index (χ0v) is 9.83. The molecule has 0 aliphatic rings. The molecule has 1 heteroatoms. The molecule has 0 fully saturated rings. The molecule has 0 bridgehead atoms. The summed E-state index contributed by atoms with van der Waals surface area (Å²) in [6.07, 6.45) is 4.16. The lowest BCUT2D eigenvalue weighted by Gasteiger charge is -1.85. The maximum atomic E-state index is 2.41. The summed E-state index contributed by atoms with van der Waals surface area (Å²) in [5, 5.41) is 0. The predicted octanol–water partition coefficient (Wildman–Crippen LogP) is 4.30. The van der Waals surface area contributed by atoms with E-state index in [-0.39, 0.29) is 0 Å². The van der Waals surface area contributed by atoms with Crippen molar-refractivity contribution in [1.82, 2.24) is 0 Å². The van der Waals surface area contributed by atoms with E-state index in [1.54, 1.807) is 0 Å². The summed E-state index contributed by atoms with van der Waals surface area (Å²) < 4.78 is 1.32. The lowest BCUT2D eigenvalue weighted by molar-refractivity contribution is 0.785. The Labute approximate surface area is 89.5 Å². The van der Waals surface area contributed by atoms with Gasteiger partial charge < -0.3 is 0 Å². The Bertz CT molecular complexity index is 118. The molecule has 68 valence electrons. The van der Waals surface area contributed by atoms with Crippen LogP contribution in [0.25, 0.3) is 0 Å². The van der Waals surface area contributed by atoms with Crippen LogP contribution in [0.4, 0.5) is 0 Å². The van der Waals surface area contributed by atoms with Crippen LogP contribution in [0.2, 0.25) is 0 Å². The molecule has 0 saturated carbocycles. The van der Waals surface area contributed by atoms with Crippen LogP contribution in [-0.2, 0) is 0 Å². The number of alkyl halides is 1. The normalized spacial score (nSPS) is 8.50. The van der Waals surface area contributed by atoms with Crippen molar-refractivity contribution < 1.29 is 0 Å². The van der Waals surface area contributed by atoms with Crippen LogP contribution in [0, 0.1) is 0 Å². The molecule has 0 saturated heterocycles. The molecule has 0 amide bonds. The third-order valence-electron chi connectivity index (χ3n) is 1.40. The van der Waals surface area contributed by atoms with E-state index in [4.69, 9.17) is 0 Å². The molecule has 0 unspecified atom stereocenters. The summed E-state index contributed by atoms with van der Waals surface area (Å²) >= 11 is 2.41. The fourth-order valence-electron chi connectivity index (χ4n) is 0.729. The molecule has 0 aliphatic heterocycles. The molecule has 0 aromatic heterocycles. The first-order valence-corrected chi connectivity index (χ1v) is 6.00. The van der Waals surface area contributed by atoms with Crippen molar-refractivity contribution in [2.45, 2.75) is 26.2 Å². The van der Waals surface area contributed by atoms with E-state index >= 15 is 0 Å². The third-order valence-corrected chi connectivity index (χ3v) is 2.17. The van der Waals surface area contributed by atoms with Crippen LogP contribution in [0.15, 0.2) is 36.4 Å². The van der Waals surface area contributed by atoms with Gasteiger partial charge in [0.15, 0.2) is 0 Å². The molecule has 0 atom stereocenters. The molecule has 1 rings (SSSR count). The Morgan fingerprint density at radius 2 is 1.25 bits per heavy atom. The number of hydrogen-bond donors (Lipinski definition) is 0. The summed E-state index contributed by atoms with van der Waals surface area (Å²) in [6, 6.07) is 12.0. The Balaban J connectivity index is 0.000000202. The Morgan fingerprint density at radius 1 is 0.833 bits per heavy atom. The predicted molar refractivity (Wildman–Crippen MR) is 64.9 cm³/mol. The van der Waals surface area contributed by atoms with Gasteiger partial charge in [0, 0.05) is 0 Å². The van der Waals surface area contributed by atoms with Crippen LogP contribution < -0.4 is 0 Å². The average molecular weight is 276 g/mol. The van der Waals surface area contributed by atoms with Crippen molar-refractivity contribution in [3.05, 3.63) is 36.4 Å². The molecular weight excluding hydrogens is 259 g/mol. The Kier molecular flexibility index (Phi) is 10.9. The van der Waals surface area contributed by atoms with Crippen LogP contribution in [-0.4, -0.2) is 4.43 Å². The first kappa shape index (κ1) is 11.9. The molecule has 0 heterocycles. The minimum absolute atomic E-state index is 1.32. The lowest BCUT2D eigenvalue weighted by atomic mass is 10.3. The minimum Gasteiger partial charge on any atom is -0.0864 e. The maximum absolute atomic E-state index is 2.41. The summed E-state index contributed by atoms with van der Waals surface area (Å²) in [7, 11) is 0. The fourth-order valence-corrected chi connectivity index (χ4v) is 1.27. The zero-order valence-electron chi connectivity index (χ0n) is 7.67. The van der Waals surface area contributed by atoms with E-state index in [1.807, 2.05) is 36.4 Å². The maximum Gasteiger partial charge on any atom is -0.000473 e. The highest BCUT2D eigenvalue weighted by atomic mass is 127. The standard InChI is InChI=1S/C6H6.C5H11I/c1-2-4-6-5-3-1;1-2-3-4-5-6/h1-6H;2-5H2,1H3. The average Bonchev–Trinajstić information content (AvgIpc) is 2.18. The van der Waals surface area contributed by atoms with Gasteiger partial charge in [0.1, 0.15) is 0 Å². The van der Waals surface area contributed by atoms with E-state index in [9.17, 15) is 0 Å². The van der Waals surface area contributed by atoms with Crippen LogP contribution in [0.3, 0.4) is 0 Å². The summed E-state index contributed by atoms with van der Waals surface area (Å²) in [6.45, 7) is 2.23. The van der Waals surface area contributed by atoms with E-state index in [1.165, 1.54) is 23.7 Å². The SMILES string of the molecule is CCCCCI.c1ccccc1. The number of halogens is 1. The van der Waals surface area contributed by atoms with Crippen molar-refractivity contribution in [1.29, 1.82) is 0 Å². The van der Waals surface area contributed by atoms with Gasteiger partial charge in [-0.3, -0.25) is 0 Å². The van der Waals surface area contributed by atoms with Gasteiger partial charge >= 0.3 is 0 Å². The van der Waals surface area contributed by atoms with Crippen LogP contribution in [0.5, 0.6) is 0 Å². The van der Waals surface area contributed by atoms with Gasteiger partial charge in [0.2, 0.25) is 0 Å². The largest absolute Gasteiger partial charge is 0.0864 e. The summed E-state index contributed by atoms with van der Waals surface area (Å²) in [5.41, 5.74) is 0. The second kappa shape index (κ2) is 11.0. The first-order chi connectivity index (χ1) is 5.91. The van der Waals surface area contributed by atoms with Crippen LogP contribution in [0.1, 0.15) is 26.2 Å². The van der Waals surface area contributed by atoms with Gasteiger partial charge in [-0.15, -0.1) is 0 Å². The second-order valence-electron chi connectivity index (χ2n) is 2.55. The summed E-state index contributed by atoms with van der Waals surface area (Å²) in [4.78, 5) is 0. The second-order valence-corrected chi connectivity index (χ2v) is 3.63. The van der Waals surface area contributed by atoms with E-state index < -0.39 is 0 Å². The van der Waals surface area contributed by atoms with Crippen molar-refractivity contribution in [3.8, 4) is 0 Å². The molecule has 0 aliphatic carbocycles. The van der Waals surface area contributed by atoms with Gasteiger partial charge in [-0.25, -0.2) is 0 Å². The highest BCUT2D eigenvalue weighted by molar-refractivity contribution is 14.1. The quantitative estimate of drug-likeness (QED) is 0.438.